The van der Waals surface area contributed by atoms with Crippen LogP contribution in [0.5, 0.6) is 0 Å². The zero-order valence-electron chi connectivity index (χ0n) is 8.53. The predicted molar refractivity (Wildman–Crippen MR) is 53.8 cm³/mol. The first-order chi connectivity index (χ1) is 7.94. The van der Waals surface area contributed by atoms with E-state index in [2.05, 4.69) is 0 Å². The number of halogens is 7. The quantitative estimate of drug-likeness (QED) is 0.615. The third kappa shape index (κ3) is 2.99. The van der Waals surface area contributed by atoms with Crippen molar-refractivity contribution in [3.63, 3.8) is 0 Å². The van der Waals surface area contributed by atoms with Crippen molar-refractivity contribution >= 4 is 17.3 Å². The van der Waals surface area contributed by atoms with Gasteiger partial charge in [-0.1, -0.05) is 11.6 Å². The summed E-state index contributed by atoms with van der Waals surface area (Å²) in [6.07, 6.45) is -9.75. The summed E-state index contributed by atoms with van der Waals surface area (Å²) in [6, 6.07) is -1.93. The normalized spacial score (nSPS) is 14.7. The molecular formula is C9H7ClF6N2. The van der Waals surface area contributed by atoms with Gasteiger partial charge in [0.1, 0.15) is 6.04 Å². The fraction of sp³-hybridized carbons (Fsp3) is 0.333. The number of nitrogens with two attached hydrogens (primary N) is 2. The highest BCUT2D eigenvalue weighted by Crippen LogP contribution is 2.40. The average molecular weight is 293 g/mol. The fourth-order valence-electron chi connectivity index (χ4n) is 1.24. The monoisotopic (exact) mass is 292 g/mol. The highest BCUT2D eigenvalue weighted by Gasteiger charge is 2.41. The third-order valence-electron chi connectivity index (χ3n) is 2.18. The molecule has 0 spiro atoms. The molecule has 0 aliphatic carbocycles. The Balaban J connectivity index is 3.41. The van der Waals surface area contributed by atoms with Gasteiger partial charge in [-0.15, -0.1) is 0 Å². The van der Waals surface area contributed by atoms with Crippen LogP contribution < -0.4 is 11.5 Å². The van der Waals surface area contributed by atoms with E-state index in [9.17, 15) is 26.3 Å². The zero-order valence-corrected chi connectivity index (χ0v) is 9.29. The first kappa shape index (κ1) is 14.9. The van der Waals surface area contributed by atoms with Gasteiger partial charge in [0.2, 0.25) is 0 Å². The minimum absolute atomic E-state index is 0.249. The maximum absolute atomic E-state index is 12.4. The zero-order chi connectivity index (χ0) is 14.3. The van der Waals surface area contributed by atoms with E-state index in [1.165, 1.54) is 0 Å². The Hall–Kier alpha value is -1.15. The van der Waals surface area contributed by atoms with E-state index in [-0.39, 0.29) is 6.07 Å². The lowest BCUT2D eigenvalue weighted by molar-refractivity contribution is -0.150. The van der Waals surface area contributed by atoms with Gasteiger partial charge in [-0.05, 0) is 12.1 Å². The van der Waals surface area contributed by atoms with E-state index in [0.29, 0.717) is 6.07 Å². The molecule has 1 aromatic carbocycles. The summed E-state index contributed by atoms with van der Waals surface area (Å²) in [5.74, 6) is 0. The van der Waals surface area contributed by atoms with Crippen molar-refractivity contribution in [2.45, 2.75) is 18.4 Å². The summed E-state index contributed by atoms with van der Waals surface area (Å²) in [4.78, 5) is 0. The lowest BCUT2D eigenvalue weighted by atomic mass is 10.0. The van der Waals surface area contributed by atoms with Crippen molar-refractivity contribution in [1.29, 1.82) is 0 Å². The molecule has 0 saturated heterocycles. The summed E-state index contributed by atoms with van der Waals surface area (Å²) in [7, 11) is 0. The van der Waals surface area contributed by atoms with Gasteiger partial charge in [-0.3, -0.25) is 0 Å². The lowest BCUT2D eigenvalue weighted by Crippen LogP contribution is -2.29. The smallest absolute Gasteiger partial charge is 0.397 e. The number of benzene rings is 1. The Morgan fingerprint density at radius 3 is 1.94 bits per heavy atom. The molecule has 0 heterocycles. The highest BCUT2D eigenvalue weighted by molar-refractivity contribution is 6.33. The molecule has 0 fully saturated rings. The van der Waals surface area contributed by atoms with Gasteiger partial charge >= 0.3 is 12.4 Å². The highest BCUT2D eigenvalue weighted by atomic mass is 35.5. The average Bonchev–Trinajstić information content (AvgIpc) is 2.17. The molecule has 18 heavy (non-hydrogen) atoms. The molecule has 9 heteroatoms. The molecule has 0 unspecified atom stereocenters. The van der Waals surface area contributed by atoms with Gasteiger partial charge in [0.15, 0.2) is 0 Å². The van der Waals surface area contributed by atoms with Crippen LogP contribution >= 0.6 is 11.6 Å². The Morgan fingerprint density at radius 2 is 1.56 bits per heavy atom. The molecule has 4 N–H and O–H groups in total. The van der Waals surface area contributed by atoms with Crippen LogP contribution in [0, 0.1) is 0 Å². The van der Waals surface area contributed by atoms with Gasteiger partial charge in [-0.2, -0.15) is 26.3 Å². The number of hydrogen-bond donors (Lipinski definition) is 2. The summed E-state index contributed by atoms with van der Waals surface area (Å²) in [6.45, 7) is 0. The Morgan fingerprint density at radius 1 is 1.06 bits per heavy atom. The molecule has 0 amide bonds. The SMILES string of the molecule is Nc1c(Cl)cc(C(F)(F)F)cc1[C@H](N)C(F)(F)F. The molecule has 1 rings (SSSR count). The van der Waals surface area contributed by atoms with Crippen LogP contribution in [-0.2, 0) is 6.18 Å². The number of hydrogen-bond acceptors (Lipinski definition) is 2. The maximum atomic E-state index is 12.4. The van der Waals surface area contributed by atoms with Crippen molar-refractivity contribution in [3.8, 4) is 0 Å². The molecule has 1 aromatic rings. The van der Waals surface area contributed by atoms with Gasteiger partial charge in [0.05, 0.1) is 16.3 Å². The van der Waals surface area contributed by atoms with Gasteiger partial charge in [0, 0.05) is 5.56 Å². The van der Waals surface area contributed by atoms with Crippen LogP contribution in [0.1, 0.15) is 17.2 Å². The van der Waals surface area contributed by atoms with Crippen LogP contribution in [-0.4, -0.2) is 6.18 Å². The summed E-state index contributed by atoms with van der Waals surface area (Å²) in [5, 5.41) is -0.625. The fourth-order valence-corrected chi connectivity index (χ4v) is 1.46. The molecule has 2 nitrogen and oxygen atoms in total. The number of rotatable bonds is 1. The van der Waals surface area contributed by atoms with Crippen molar-refractivity contribution in [3.05, 3.63) is 28.3 Å². The van der Waals surface area contributed by atoms with Crippen molar-refractivity contribution in [2.75, 3.05) is 5.73 Å². The molecule has 102 valence electrons. The van der Waals surface area contributed by atoms with Crippen LogP contribution in [0.4, 0.5) is 32.0 Å². The largest absolute Gasteiger partial charge is 0.416 e. The molecule has 0 aromatic heterocycles. The van der Waals surface area contributed by atoms with Gasteiger partial charge < -0.3 is 11.5 Å². The minimum Gasteiger partial charge on any atom is -0.397 e. The van der Waals surface area contributed by atoms with Crippen LogP contribution in [0.2, 0.25) is 5.02 Å². The van der Waals surface area contributed by atoms with Crippen molar-refractivity contribution in [1.82, 2.24) is 0 Å². The second kappa shape index (κ2) is 4.51. The third-order valence-corrected chi connectivity index (χ3v) is 2.49. The van der Waals surface area contributed by atoms with Crippen LogP contribution in [0.25, 0.3) is 0 Å². The Kier molecular flexibility index (Phi) is 3.73. The number of nitrogen functional groups attached to an aromatic ring is 1. The molecule has 1 atom stereocenters. The molecule has 0 saturated carbocycles. The number of anilines is 1. The van der Waals surface area contributed by atoms with E-state index >= 15 is 0 Å². The summed E-state index contributed by atoms with van der Waals surface area (Å²) >= 11 is 5.37. The lowest BCUT2D eigenvalue weighted by Gasteiger charge is -2.20. The van der Waals surface area contributed by atoms with Gasteiger partial charge in [-0.25, -0.2) is 0 Å². The van der Waals surface area contributed by atoms with E-state index < -0.39 is 40.2 Å². The van der Waals surface area contributed by atoms with Crippen LogP contribution in [0.3, 0.4) is 0 Å². The first-order valence-electron chi connectivity index (χ1n) is 4.43. The second-order valence-electron chi connectivity index (χ2n) is 3.48. The van der Waals surface area contributed by atoms with Crippen LogP contribution in [0.15, 0.2) is 12.1 Å². The summed E-state index contributed by atoms with van der Waals surface area (Å²) in [5.41, 5.74) is 7.18. The first-order valence-corrected chi connectivity index (χ1v) is 4.80. The molecule has 0 bridgehead atoms. The van der Waals surface area contributed by atoms with Gasteiger partial charge in [0.25, 0.3) is 0 Å². The Bertz CT molecular complexity index is 454. The second-order valence-corrected chi connectivity index (χ2v) is 3.89. The van der Waals surface area contributed by atoms with Crippen molar-refractivity contribution < 1.29 is 26.3 Å². The molecule has 0 radical (unpaired) electrons. The van der Waals surface area contributed by atoms with E-state index in [4.69, 9.17) is 23.1 Å². The van der Waals surface area contributed by atoms with E-state index in [0.717, 1.165) is 0 Å². The maximum Gasteiger partial charge on any atom is 0.416 e. The van der Waals surface area contributed by atoms with E-state index in [1.54, 1.807) is 0 Å². The molecule has 0 aliphatic rings. The minimum atomic E-state index is -4.92. The summed E-state index contributed by atoms with van der Waals surface area (Å²) < 4.78 is 74.4. The van der Waals surface area contributed by atoms with Crippen molar-refractivity contribution in [2.24, 2.45) is 5.73 Å². The number of alkyl halides is 6. The predicted octanol–water partition coefficient (Wildman–Crippen LogP) is 3.50. The molecular weight excluding hydrogens is 286 g/mol. The topological polar surface area (TPSA) is 52.0 Å². The van der Waals surface area contributed by atoms with E-state index in [1.807, 2.05) is 0 Å². The molecule has 0 aliphatic heterocycles. The standard InChI is InChI=1S/C9H7ClF6N2/c10-5-2-3(8(11,12)13)1-4(6(5)17)7(18)9(14,15)16/h1-2,7H,17-18H2/t7-/m0/s1. The Labute approximate surface area is 103 Å².